The molecule has 1 unspecified atom stereocenters. The molecule has 0 bridgehead atoms. The van der Waals surface area contributed by atoms with Gasteiger partial charge in [-0.15, -0.1) is 0 Å². The number of esters is 1. The van der Waals surface area contributed by atoms with Crippen molar-refractivity contribution in [1.82, 2.24) is 9.78 Å². The van der Waals surface area contributed by atoms with Crippen LogP contribution in [0.4, 0.5) is 5.82 Å². The van der Waals surface area contributed by atoms with Crippen molar-refractivity contribution >= 4 is 11.8 Å². The molecule has 5 nitrogen and oxygen atoms in total. The quantitative estimate of drug-likeness (QED) is 0.885. The summed E-state index contributed by atoms with van der Waals surface area (Å²) < 4.78 is 7.13. The number of allylic oxidation sites excluding steroid dienone is 1. The van der Waals surface area contributed by atoms with Gasteiger partial charge < -0.3 is 10.1 Å². The first kappa shape index (κ1) is 15.3. The maximum atomic E-state index is 12.6. The molecule has 23 heavy (non-hydrogen) atoms. The van der Waals surface area contributed by atoms with Gasteiger partial charge in [-0.2, -0.15) is 5.10 Å². The number of fused-ring (bicyclic) bond motifs is 1. The summed E-state index contributed by atoms with van der Waals surface area (Å²) >= 11 is 0. The molecule has 1 aliphatic heterocycles. The minimum absolute atomic E-state index is 0.166. The zero-order valence-electron chi connectivity index (χ0n) is 13.9. The molecule has 2 aromatic rings. The fraction of sp³-hybridized carbons (Fsp3) is 0.333. The monoisotopic (exact) mass is 311 g/mol. The van der Waals surface area contributed by atoms with Crippen LogP contribution in [0.25, 0.3) is 0 Å². The number of nitrogens with one attached hydrogen (secondary N) is 1. The molecule has 1 N–H and O–H groups in total. The molecule has 0 amide bonds. The number of ether oxygens (including phenoxy) is 1. The summed E-state index contributed by atoms with van der Waals surface area (Å²) in [6, 6.07) is 10.0. The standard InChI is InChI=1S/C18H21N3O2/c1-5-23-18(22)15-11(2)19-17-14(12(3)20-21(17)4)16(15)13-9-7-6-8-10-13/h6-10,16,19H,5H2,1-4H3. The lowest BCUT2D eigenvalue weighted by molar-refractivity contribution is -0.138. The van der Waals surface area contributed by atoms with Crippen LogP contribution < -0.4 is 5.32 Å². The van der Waals surface area contributed by atoms with Gasteiger partial charge in [-0.05, 0) is 26.3 Å². The number of carbonyl (C=O) groups is 1. The summed E-state index contributed by atoms with van der Waals surface area (Å²) in [6.45, 7) is 6.06. The zero-order chi connectivity index (χ0) is 16.6. The second-order valence-corrected chi connectivity index (χ2v) is 5.70. The number of carbonyl (C=O) groups excluding carboxylic acids is 1. The maximum absolute atomic E-state index is 12.6. The van der Waals surface area contributed by atoms with Crippen LogP contribution in [0, 0.1) is 6.92 Å². The van der Waals surface area contributed by atoms with Crippen molar-refractivity contribution in [2.75, 3.05) is 11.9 Å². The Kier molecular flexibility index (Phi) is 3.94. The number of hydrogen-bond donors (Lipinski definition) is 1. The van der Waals surface area contributed by atoms with Gasteiger partial charge in [0.25, 0.3) is 0 Å². The highest BCUT2D eigenvalue weighted by molar-refractivity contribution is 5.94. The van der Waals surface area contributed by atoms with E-state index in [0.29, 0.717) is 12.2 Å². The molecule has 3 rings (SSSR count). The smallest absolute Gasteiger partial charge is 0.336 e. The Balaban J connectivity index is 2.22. The lowest BCUT2D eigenvalue weighted by Crippen LogP contribution is -2.25. The van der Waals surface area contributed by atoms with E-state index in [-0.39, 0.29) is 11.9 Å². The van der Waals surface area contributed by atoms with Gasteiger partial charge >= 0.3 is 5.97 Å². The fourth-order valence-electron chi connectivity index (χ4n) is 3.23. The summed E-state index contributed by atoms with van der Waals surface area (Å²) in [7, 11) is 1.91. The van der Waals surface area contributed by atoms with E-state index >= 15 is 0 Å². The van der Waals surface area contributed by atoms with Gasteiger partial charge in [0.1, 0.15) is 5.82 Å². The van der Waals surface area contributed by atoms with Gasteiger partial charge in [-0.25, -0.2) is 4.79 Å². The SMILES string of the molecule is CCOC(=O)C1=C(C)Nc2c(c(C)nn2C)C1c1ccccc1. The highest BCUT2D eigenvalue weighted by atomic mass is 16.5. The Hall–Kier alpha value is -2.56. The lowest BCUT2D eigenvalue weighted by Gasteiger charge is -2.28. The molecule has 2 heterocycles. The molecule has 1 aromatic heterocycles. The molecule has 120 valence electrons. The average Bonchev–Trinajstić information content (AvgIpc) is 2.81. The van der Waals surface area contributed by atoms with E-state index in [1.807, 2.05) is 62.8 Å². The molecule has 1 atom stereocenters. The molecule has 1 aromatic carbocycles. The van der Waals surface area contributed by atoms with Crippen LogP contribution in [0.15, 0.2) is 41.6 Å². The first-order valence-corrected chi connectivity index (χ1v) is 7.78. The van der Waals surface area contributed by atoms with Gasteiger partial charge in [-0.1, -0.05) is 30.3 Å². The predicted octanol–water partition coefficient (Wildman–Crippen LogP) is 3.12. The van der Waals surface area contributed by atoms with Crippen LogP contribution in [-0.4, -0.2) is 22.4 Å². The Bertz CT molecular complexity index is 775. The molecule has 1 aliphatic rings. The van der Waals surface area contributed by atoms with E-state index in [2.05, 4.69) is 10.4 Å². The third-order valence-corrected chi connectivity index (χ3v) is 4.18. The van der Waals surface area contributed by atoms with Gasteiger partial charge in [0.2, 0.25) is 0 Å². The molecule has 0 aliphatic carbocycles. The van der Waals surface area contributed by atoms with Crippen molar-refractivity contribution < 1.29 is 9.53 Å². The minimum atomic E-state index is -0.278. The van der Waals surface area contributed by atoms with Crippen LogP contribution in [0.5, 0.6) is 0 Å². The van der Waals surface area contributed by atoms with E-state index in [1.165, 1.54) is 0 Å². The first-order valence-electron chi connectivity index (χ1n) is 7.78. The lowest BCUT2D eigenvalue weighted by atomic mass is 9.81. The maximum Gasteiger partial charge on any atom is 0.336 e. The van der Waals surface area contributed by atoms with Gasteiger partial charge in [-0.3, -0.25) is 4.68 Å². The second kappa shape index (κ2) is 5.91. The Morgan fingerprint density at radius 2 is 2.00 bits per heavy atom. The number of anilines is 1. The molecule has 5 heteroatoms. The second-order valence-electron chi connectivity index (χ2n) is 5.70. The fourth-order valence-corrected chi connectivity index (χ4v) is 3.23. The predicted molar refractivity (Wildman–Crippen MR) is 89.2 cm³/mol. The van der Waals surface area contributed by atoms with Crippen molar-refractivity contribution in [3.05, 3.63) is 58.4 Å². The van der Waals surface area contributed by atoms with Crippen molar-refractivity contribution in [1.29, 1.82) is 0 Å². The van der Waals surface area contributed by atoms with E-state index in [9.17, 15) is 4.79 Å². The number of hydrogen-bond acceptors (Lipinski definition) is 4. The van der Waals surface area contributed by atoms with E-state index in [1.54, 1.807) is 0 Å². The Morgan fingerprint density at radius 1 is 1.30 bits per heavy atom. The number of rotatable bonds is 3. The summed E-state index contributed by atoms with van der Waals surface area (Å²) in [6.07, 6.45) is 0. The molecule has 0 spiro atoms. The van der Waals surface area contributed by atoms with Gasteiger partial charge in [0, 0.05) is 24.2 Å². The summed E-state index contributed by atoms with van der Waals surface area (Å²) in [5.74, 6) is 0.488. The van der Waals surface area contributed by atoms with Crippen molar-refractivity contribution in [3.8, 4) is 0 Å². The summed E-state index contributed by atoms with van der Waals surface area (Å²) in [4.78, 5) is 12.6. The van der Waals surface area contributed by atoms with E-state index in [0.717, 1.165) is 28.3 Å². The third-order valence-electron chi connectivity index (χ3n) is 4.18. The number of aryl methyl sites for hydroxylation is 2. The summed E-state index contributed by atoms with van der Waals surface area (Å²) in [5.41, 5.74) is 4.48. The van der Waals surface area contributed by atoms with Crippen LogP contribution in [0.2, 0.25) is 0 Å². The summed E-state index contributed by atoms with van der Waals surface area (Å²) in [5, 5.41) is 7.84. The Morgan fingerprint density at radius 3 is 2.65 bits per heavy atom. The highest BCUT2D eigenvalue weighted by Crippen LogP contribution is 2.43. The number of aromatic nitrogens is 2. The van der Waals surface area contributed by atoms with Crippen LogP contribution in [0.3, 0.4) is 0 Å². The average molecular weight is 311 g/mol. The largest absolute Gasteiger partial charge is 0.463 e. The van der Waals surface area contributed by atoms with E-state index in [4.69, 9.17) is 4.74 Å². The minimum Gasteiger partial charge on any atom is -0.463 e. The molecule has 0 fully saturated rings. The normalized spacial score (nSPS) is 16.8. The first-order chi connectivity index (χ1) is 11.0. The van der Waals surface area contributed by atoms with E-state index < -0.39 is 0 Å². The topological polar surface area (TPSA) is 56.1 Å². The zero-order valence-corrected chi connectivity index (χ0v) is 13.9. The van der Waals surface area contributed by atoms with Crippen LogP contribution in [0.1, 0.15) is 36.6 Å². The highest BCUT2D eigenvalue weighted by Gasteiger charge is 2.36. The molecular weight excluding hydrogens is 290 g/mol. The number of nitrogens with zero attached hydrogens (tertiary/aromatic N) is 2. The third kappa shape index (κ3) is 2.52. The van der Waals surface area contributed by atoms with Crippen molar-refractivity contribution in [2.45, 2.75) is 26.7 Å². The van der Waals surface area contributed by atoms with Gasteiger partial charge in [0.05, 0.1) is 17.9 Å². The molecule has 0 saturated carbocycles. The van der Waals surface area contributed by atoms with Crippen molar-refractivity contribution in [2.24, 2.45) is 7.05 Å². The van der Waals surface area contributed by atoms with Crippen molar-refractivity contribution in [3.63, 3.8) is 0 Å². The molecule has 0 radical (unpaired) electrons. The Labute approximate surface area is 136 Å². The van der Waals surface area contributed by atoms with Crippen LogP contribution in [-0.2, 0) is 16.6 Å². The molecule has 0 saturated heterocycles. The van der Waals surface area contributed by atoms with Crippen LogP contribution >= 0.6 is 0 Å². The van der Waals surface area contributed by atoms with Gasteiger partial charge in [0.15, 0.2) is 0 Å². The molecular formula is C18H21N3O2. The number of benzene rings is 1.